The molecule has 1 fully saturated rings. The number of amides is 1. The number of carbonyl (C=O) groups is 2. The molecule has 4 aromatic rings. The van der Waals surface area contributed by atoms with E-state index < -0.39 is 0 Å². The predicted molar refractivity (Wildman–Crippen MR) is 118 cm³/mol. The van der Waals surface area contributed by atoms with E-state index in [1.807, 2.05) is 0 Å². The second-order valence-electron chi connectivity index (χ2n) is 8.22. The topological polar surface area (TPSA) is 88.0 Å². The number of aromatic nitrogens is 2. The Morgan fingerprint density at radius 1 is 1.12 bits per heavy atom. The van der Waals surface area contributed by atoms with Crippen molar-refractivity contribution < 1.29 is 18.5 Å². The summed E-state index contributed by atoms with van der Waals surface area (Å²) in [5.74, 6) is -0.338. The van der Waals surface area contributed by atoms with E-state index >= 15 is 0 Å². The van der Waals surface area contributed by atoms with Crippen LogP contribution in [0.5, 0.6) is 0 Å². The molecule has 0 unspecified atom stereocenters. The zero-order valence-corrected chi connectivity index (χ0v) is 17.6. The fraction of sp³-hybridized carbons (Fsp3) is 0.240. The summed E-state index contributed by atoms with van der Waals surface area (Å²) >= 11 is 0. The Morgan fingerprint density at radius 3 is 2.62 bits per heavy atom. The van der Waals surface area contributed by atoms with Crippen molar-refractivity contribution >= 4 is 22.6 Å². The van der Waals surface area contributed by atoms with E-state index in [1.165, 1.54) is 12.1 Å². The third-order valence-corrected chi connectivity index (χ3v) is 6.09. The van der Waals surface area contributed by atoms with Gasteiger partial charge in [-0.05, 0) is 56.2 Å². The molecule has 0 bridgehead atoms. The van der Waals surface area contributed by atoms with Crippen LogP contribution in [0.3, 0.4) is 0 Å². The van der Waals surface area contributed by atoms with Crippen molar-refractivity contribution in [3.63, 3.8) is 0 Å². The number of hydrogen-bond donors (Lipinski definition) is 2. The Hall–Kier alpha value is -3.74. The number of aromatic amines is 1. The second kappa shape index (κ2) is 8.07. The zero-order chi connectivity index (χ0) is 22.2. The maximum Gasteiger partial charge on any atom is 0.251 e. The molecule has 7 heteroatoms. The summed E-state index contributed by atoms with van der Waals surface area (Å²) in [5, 5.41) is 7.82. The quantitative estimate of drug-likeness (QED) is 0.427. The van der Waals surface area contributed by atoms with E-state index in [-0.39, 0.29) is 23.5 Å². The smallest absolute Gasteiger partial charge is 0.251 e. The summed E-state index contributed by atoms with van der Waals surface area (Å²) in [4.78, 5) is 29.1. The summed E-state index contributed by atoms with van der Waals surface area (Å²) in [7, 11) is 0. The van der Waals surface area contributed by atoms with Gasteiger partial charge in [-0.2, -0.15) is 0 Å². The number of nitrogens with zero attached hydrogens (tertiary/aromatic N) is 1. The largest absolute Gasteiger partial charge is 0.360 e. The van der Waals surface area contributed by atoms with Gasteiger partial charge in [-0.25, -0.2) is 4.39 Å². The molecule has 1 aliphatic rings. The van der Waals surface area contributed by atoms with Crippen molar-refractivity contribution in [1.29, 1.82) is 0 Å². The van der Waals surface area contributed by atoms with E-state index in [0.29, 0.717) is 44.6 Å². The van der Waals surface area contributed by atoms with Crippen molar-refractivity contribution in [3.8, 4) is 11.3 Å². The van der Waals surface area contributed by atoms with Gasteiger partial charge < -0.3 is 14.8 Å². The third kappa shape index (κ3) is 3.60. The van der Waals surface area contributed by atoms with Gasteiger partial charge >= 0.3 is 0 Å². The van der Waals surface area contributed by atoms with Gasteiger partial charge in [-0.3, -0.25) is 9.59 Å². The number of nitrogens with one attached hydrogen (secondary N) is 2. The normalized spacial score (nSPS) is 14.2. The van der Waals surface area contributed by atoms with Gasteiger partial charge in [0.1, 0.15) is 17.3 Å². The van der Waals surface area contributed by atoms with E-state index in [1.54, 1.807) is 43.5 Å². The maximum atomic E-state index is 13.4. The minimum atomic E-state index is -0.369. The molecule has 1 amide bonds. The zero-order valence-electron chi connectivity index (χ0n) is 17.6. The van der Waals surface area contributed by atoms with Gasteiger partial charge in [0, 0.05) is 39.8 Å². The molecule has 2 heterocycles. The summed E-state index contributed by atoms with van der Waals surface area (Å²) in [5.41, 5.74) is 3.01. The number of ketones is 1. The number of rotatable bonds is 5. The summed E-state index contributed by atoms with van der Waals surface area (Å²) in [6.45, 7) is 1.67. The molecular formula is C25H22FN3O3. The minimum Gasteiger partial charge on any atom is -0.360 e. The number of fused-ring (bicyclic) bond motifs is 1. The average molecular weight is 431 g/mol. The molecule has 0 spiro atoms. The monoisotopic (exact) mass is 431 g/mol. The van der Waals surface area contributed by atoms with E-state index in [0.717, 1.165) is 25.7 Å². The lowest BCUT2D eigenvalue weighted by molar-refractivity contribution is 0.0937. The van der Waals surface area contributed by atoms with Crippen LogP contribution in [-0.2, 0) is 0 Å². The average Bonchev–Trinajstić information content (AvgIpc) is 3.53. The molecule has 1 saturated carbocycles. The Kier molecular flexibility index (Phi) is 5.09. The van der Waals surface area contributed by atoms with Crippen molar-refractivity contribution in [1.82, 2.24) is 15.5 Å². The molecule has 32 heavy (non-hydrogen) atoms. The Morgan fingerprint density at radius 2 is 1.88 bits per heavy atom. The first-order chi connectivity index (χ1) is 15.5. The number of carbonyl (C=O) groups excluding carboxylic acids is 2. The molecule has 0 saturated heterocycles. The van der Waals surface area contributed by atoms with Crippen LogP contribution in [0, 0.1) is 12.7 Å². The SMILES string of the molecule is Cc1onc(-c2ccc(F)cc2)c1C(=O)c1c[nH]c2cc(C(=O)NC3CCCC3)ccc12. The molecule has 162 valence electrons. The van der Waals surface area contributed by atoms with Crippen LogP contribution in [0.2, 0.25) is 0 Å². The number of benzene rings is 2. The van der Waals surface area contributed by atoms with E-state index in [9.17, 15) is 14.0 Å². The number of aryl methyl sites for hydroxylation is 1. The first-order valence-electron chi connectivity index (χ1n) is 10.7. The molecule has 5 rings (SSSR count). The molecule has 2 N–H and O–H groups in total. The Balaban J connectivity index is 1.47. The first kappa shape index (κ1) is 20.2. The minimum absolute atomic E-state index is 0.102. The Bertz CT molecular complexity index is 1310. The summed E-state index contributed by atoms with van der Waals surface area (Å²) < 4.78 is 18.6. The van der Waals surface area contributed by atoms with Crippen LogP contribution >= 0.6 is 0 Å². The highest BCUT2D eigenvalue weighted by Crippen LogP contribution is 2.30. The lowest BCUT2D eigenvalue weighted by Gasteiger charge is -2.11. The van der Waals surface area contributed by atoms with Gasteiger partial charge in [0.2, 0.25) is 5.78 Å². The van der Waals surface area contributed by atoms with Crippen molar-refractivity contribution in [2.45, 2.75) is 38.6 Å². The highest BCUT2D eigenvalue weighted by atomic mass is 19.1. The molecule has 2 aromatic heterocycles. The first-order valence-corrected chi connectivity index (χ1v) is 10.7. The molecule has 0 atom stereocenters. The lowest BCUT2D eigenvalue weighted by Crippen LogP contribution is -2.32. The molecule has 2 aromatic carbocycles. The molecule has 0 radical (unpaired) electrons. The lowest BCUT2D eigenvalue weighted by atomic mass is 9.97. The third-order valence-electron chi connectivity index (χ3n) is 6.09. The van der Waals surface area contributed by atoms with E-state index in [2.05, 4.69) is 15.5 Å². The van der Waals surface area contributed by atoms with Crippen LogP contribution in [0.4, 0.5) is 4.39 Å². The van der Waals surface area contributed by atoms with Gasteiger partial charge in [0.05, 0.1) is 5.56 Å². The summed E-state index contributed by atoms with van der Waals surface area (Å²) in [6, 6.07) is 11.3. The van der Waals surface area contributed by atoms with E-state index in [4.69, 9.17) is 4.52 Å². The van der Waals surface area contributed by atoms with Crippen LogP contribution in [0.25, 0.3) is 22.2 Å². The van der Waals surface area contributed by atoms with Crippen LogP contribution in [-0.4, -0.2) is 27.9 Å². The van der Waals surface area contributed by atoms with Crippen LogP contribution in [0.15, 0.2) is 53.2 Å². The number of H-pyrrole nitrogens is 1. The molecule has 0 aliphatic heterocycles. The fourth-order valence-corrected chi connectivity index (χ4v) is 4.37. The highest BCUT2D eigenvalue weighted by molar-refractivity contribution is 6.19. The van der Waals surface area contributed by atoms with Gasteiger partial charge in [0.15, 0.2) is 0 Å². The Labute approximate surface area is 183 Å². The van der Waals surface area contributed by atoms with Crippen molar-refractivity contribution in [2.75, 3.05) is 0 Å². The number of hydrogen-bond acceptors (Lipinski definition) is 4. The molecule has 6 nitrogen and oxygen atoms in total. The van der Waals surface area contributed by atoms with Crippen molar-refractivity contribution in [3.05, 3.63) is 76.9 Å². The highest BCUT2D eigenvalue weighted by Gasteiger charge is 2.25. The predicted octanol–water partition coefficient (Wildman–Crippen LogP) is 5.17. The van der Waals surface area contributed by atoms with Crippen LogP contribution < -0.4 is 5.32 Å². The maximum absolute atomic E-state index is 13.4. The van der Waals surface area contributed by atoms with Gasteiger partial charge in [0.25, 0.3) is 5.91 Å². The fourth-order valence-electron chi connectivity index (χ4n) is 4.37. The standard InChI is InChI=1S/C25H22FN3O3/c1-14-22(23(29-32-14)15-6-9-17(26)10-7-15)24(30)20-13-27-21-12-16(8-11-19(20)21)25(31)28-18-4-2-3-5-18/h6-13,18,27H,2-5H2,1H3,(H,28,31). The van der Waals surface area contributed by atoms with Crippen LogP contribution in [0.1, 0.15) is 57.7 Å². The second-order valence-corrected chi connectivity index (χ2v) is 8.22. The van der Waals surface area contributed by atoms with Gasteiger partial charge in [-0.15, -0.1) is 0 Å². The molecule has 1 aliphatic carbocycles. The van der Waals surface area contributed by atoms with Crippen molar-refractivity contribution in [2.24, 2.45) is 0 Å². The number of halogens is 1. The van der Waals surface area contributed by atoms with Gasteiger partial charge in [-0.1, -0.05) is 24.1 Å². The summed E-state index contributed by atoms with van der Waals surface area (Å²) in [6.07, 6.45) is 5.96. The molecular weight excluding hydrogens is 409 g/mol.